The number of alkyl halides is 1. The van der Waals surface area contributed by atoms with E-state index in [1.54, 1.807) is 24.3 Å². The maximum atomic E-state index is 12.3. The second-order valence-corrected chi connectivity index (χ2v) is 7.76. The van der Waals surface area contributed by atoms with Crippen molar-refractivity contribution in [1.29, 1.82) is 5.26 Å². The maximum Gasteiger partial charge on any atom is 0.251 e. The zero-order valence-corrected chi connectivity index (χ0v) is 14.8. The maximum absolute atomic E-state index is 12.3. The first kappa shape index (κ1) is 19.9. The lowest BCUT2D eigenvalue weighted by Gasteiger charge is -2.18. The number of amides is 2. The molecular formula is C15H18ClN3O4S. The summed E-state index contributed by atoms with van der Waals surface area (Å²) >= 11 is 5.71. The van der Waals surface area contributed by atoms with Crippen molar-refractivity contribution in [3.63, 3.8) is 0 Å². The van der Waals surface area contributed by atoms with Crippen LogP contribution >= 0.6 is 11.6 Å². The molecule has 1 aromatic carbocycles. The minimum Gasteiger partial charge on any atom is -0.339 e. The van der Waals surface area contributed by atoms with Crippen molar-refractivity contribution in [2.75, 3.05) is 12.0 Å². The van der Waals surface area contributed by atoms with Gasteiger partial charge in [0, 0.05) is 17.7 Å². The van der Waals surface area contributed by atoms with Gasteiger partial charge in [-0.05, 0) is 24.6 Å². The first-order valence-electron chi connectivity index (χ1n) is 6.99. The highest BCUT2D eigenvalue weighted by molar-refractivity contribution is 7.90. The van der Waals surface area contributed by atoms with Gasteiger partial charge in [0.1, 0.15) is 21.9 Å². The van der Waals surface area contributed by atoms with E-state index in [4.69, 9.17) is 16.9 Å². The predicted molar refractivity (Wildman–Crippen MR) is 90.2 cm³/mol. The number of halogens is 1. The molecule has 130 valence electrons. The van der Waals surface area contributed by atoms with Crippen molar-refractivity contribution in [3.8, 4) is 6.07 Å². The number of hydrogen-bond donors (Lipinski definition) is 2. The first-order chi connectivity index (χ1) is 11.2. The summed E-state index contributed by atoms with van der Waals surface area (Å²) in [6, 6.07) is 6.14. The number of carbonyl (C=O) groups is 2. The average Bonchev–Trinajstić information content (AvgIpc) is 2.52. The summed E-state index contributed by atoms with van der Waals surface area (Å²) in [6.07, 6.45) is 0.960. The molecule has 9 heteroatoms. The molecule has 0 heterocycles. The number of nitrogens with one attached hydrogen (secondary N) is 2. The summed E-state index contributed by atoms with van der Waals surface area (Å²) in [6.45, 7) is 1.45. The summed E-state index contributed by atoms with van der Waals surface area (Å²) in [5.41, 5.74) is 0.972. The van der Waals surface area contributed by atoms with Crippen molar-refractivity contribution in [2.24, 2.45) is 0 Å². The molecule has 2 N–H and O–H groups in total. The number of sulfone groups is 1. The van der Waals surface area contributed by atoms with Crippen LogP contribution in [0.5, 0.6) is 0 Å². The molecule has 0 fully saturated rings. The molecule has 7 nitrogen and oxygen atoms in total. The Morgan fingerprint density at radius 3 is 2.54 bits per heavy atom. The molecule has 0 spiro atoms. The fourth-order valence-corrected chi connectivity index (χ4v) is 2.88. The van der Waals surface area contributed by atoms with Crippen LogP contribution in [0.2, 0.25) is 0 Å². The van der Waals surface area contributed by atoms with Crippen LogP contribution < -0.4 is 10.6 Å². The molecule has 1 aromatic rings. The average molecular weight is 372 g/mol. The Hall–Kier alpha value is -2.11. The Morgan fingerprint density at radius 1 is 1.33 bits per heavy atom. The fourth-order valence-electron chi connectivity index (χ4n) is 1.87. The predicted octanol–water partition coefficient (Wildman–Crippen LogP) is 0.597. The molecule has 0 aliphatic rings. The van der Waals surface area contributed by atoms with E-state index in [-0.39, 0.29) is 11.4 Å². The highest BCUT2D eigenvalue weighted by atomic mass is 35.5. The van der Waals surface area contributed by atoms with E-state index < -0.39 is 39.5 Å². The van der Waals surface area contributed by atoms with Crippen molar-refractivity contribution in [3.05, 3.63) is 35.4 Å². The molecule has 0 saturated carbocycles. The van der Waals surface area contributed by atoms with Gasteiger partial charge in [0.2, 0.25) is 5.91 Å². The van der Waals surface area contributed by atoms with Gasteiger partial charge < -0.3 is 10.6 Å². The van der Waals surface area contributed by atoms with E-state index in [1.165, 1.54) is 13.0 Å². The Morgan fingerprint density at radius 2 is 2.00 bits per heavy atom. The summed E-state index contributed by atoms with van der Waals surface area (Å²) in [5.74, 6) is -1.70. The van der Waals surface area contributed by atoms with Crippen LogP contribution in [0.15, 0.2) is 24.3 Å². The molecular weight excluding hydrogens is 354 g/mol. The number of nitrogens with zero attached hydrogens (tertiary/aromatic N) is 1. The number of benzene rings is 1. The largest absolute Gasteiger partial charge is 0.339 e. The molecule has 0 aliphatic heterocycles. The second kappa shape index (κ2) is 8.66. The summed E-state index contributed by atoms with van der Waals surface area (Å²) in [5, 5.41) is 13.5. The van der Waals surface area contributed by atoms with E-state index >= 15 is 0 Å². The molecule has 0 aromatic heterocycles. The lowest BCUT2D eigenvalue weighted by Crippen LogP contribution is -2.52. The zero-order valence-electron chi connectivity index (χ0n) is 13.2. The van der Waals surface area contributed by atoms with Crippen LogP contribution in [0.4, 0.5) is 0 Å². The van der Waals surface area contributed by atoms with Gasteiger partial charge in [0.05, 0.1) is 11.8 Å². The Balaban J connectivity index is 2.96. The van der Waals surface area contributed by atoms with Crippen LogP contribution in [0, 0.1) is 11.3 Å². The normalized spacial score (nSPS) is 13.4. The smallest absolute Gasteiger partial charge is 0.251 e. The molecule has 0 aliphatic carbocycles. The fraction of sp³-hybridized carbons (Fsp3) is 0.400. The Bertz CT molecular complexity index is 758. The molecule has 1 rings (SSSR count). The minimum absolute atomic E-state index is 0.216. The molecule has 24 heavy (non-hydrogen) atoms. The monoisotopic (exact) mass is 371 g/mol. The number of nitriles is 1. The second-order valence-electron chi connectivity index (χ2n) is 5.31. The summed E-state index contributed by atoms with van der Waals surface area (Å²) in [7, 11) is -3.53. The van der Waals surface area contributed by atoms with Gasteiger partial charge in [0.15, 0.2) is 0 Å². The highest BCUT2D eigenvalue weighted by Gasteiger charge is 2.26. The molecule has 0 saturated heterocycles. The van der Waals surface area contributed by atoms with Crippen molar-refractivity contribution < 1.29 is 18.0 Å². The number of hydrogen-bond acceptors (Lipinski definition) is 5. The van der Waals surface area contributed by atoms with E-state index in [0.717, 1.165) is 6.26 Å². The Labute approximate surface area is 145 Å². The quantitative estimate of drug-likeness (QED) is 0.681. The summed E-state index contributed by atoms with van der Waals surface area (Å²) in [4.78, 5) is 24.4. The van der Waals surface area contributed by atoms with E-state index in [0.29, 0.717) is 5.56 Å². The third-order valence-corrected chi connectivity index (χ3v) is 4.23. The van der Waals surface area contributed by atoms with Gasteiger partial charge in [0.25, 0.3) is 5.91 Å². The SMILES string of the molecule is CC(C#N)NC(=O)C(CS(C)(=O)=O)NC(=O)c1cccc(CCl)c1. The van der Waals surface area contributed by atoms with Crippen LogP contribution in [-0.2, 0) is 20.5 Å². The first-order valence-corrected chi connectivity index (χ1v) is 9.59. The van der Waals surface area contributed by atoms with Gasteiger partial charge in [-0.1, -0.05) is 12.1 Å². The van der Waals surface area contributed by atoms with E-state index in [9.17, 15) is 18.0 Å². The highest BCUT2D eigenvalue weighted by Crippen LogP contribution is 2.08. The van der Waals surface area contributed by atoms with E-state index in [2.05, 4.69) is 10.6 Å². The van der Waals surface area contributed by atoms with Crippen LogP contribution in [0.1, 0.15) is 22.8 Å². The number of carbonyl (C=O) groups excluding carboxylic acids is 2. The van der Waals surface area contributed by atoms with Gasteiger partial charge in [-0.3, -0.25) is 9.59 Å². The lowest BCUT2D eigenvalue weighted by atomic mass is 10.1. The van der Waals surface area contributed by atoms with Crippen molar-refractivity contribution in [1.82, 2.24) is 10.6 Å². The van der Waals surface area contributed by atoms with Crippen molar-refractivity contribution in [2.45, 2.75) is 24.9 Å². The molecule has 0 bridgehead atoms. The zero-order chi connectivity index (χ0) is 18.3. The molecule has 2 atom stereocenters. The summed E-state index contributed by atoms with van der Waals surface area (Å²) < 4.78 is 23.0. The topological polar surface area (TPSA) is 116 Å². The van der Waals surface area contributed by atoms with Crippen LogP contribution in [0.3, 0.4) is 0 Å². The minimum atomic E-state index is -3.53. The van der Waals surface area contributed by atoms with E-state index in [1.807, 2.05) is 0 Å². The van der Waals surface area contributed by atoms with Crippen LogP contribution in [-0.4, -0.2) is 44.3 Å². The molecule has 0 radical (unpaired) electrons. The van der Waals surface area contributed by atoms with Crippen LogP contribution in [0.25, 0.3) is 0 Å². The standard InChI is InChI=1S/C15H18ClN3O4S/c1-10(8-17)18-15(21)13(9-24(2,22)23)19-14(20)12-5-3-4-11(6-12)7-16/h3-6,10,13H,7,9H2,1-2H3,(H,18,21)(H,19,20). The third-order valence-electron chi connectivity index (χ3n) is 2.99. The molecule has 2 amide bonds. The third kappa shape index (κ3) is 6.56. The molecule has 2 unspecified atom stereocenters. The lowest BCUT2D eigenvalue weighted by molar-refractivity contribution is -0.122. The van der Waals surface area contributed by atoms with Gasteiger partial charge in [-0.15, -0.1) is 11.6 Å². The van der Waals surface area contributed by atoms with Gasteiger partial charge in [-0.25, -0.2) is 8.42 Å². The van der Waals surface area contributed by atoms with Gasteiger partial charge >= 0.3 is 0 Å². The van der Waals surface area contributed by atoms with Gasteiger partial charge in [-0.2, -0.15) is 5.26 Å². The van der Waals surface area contributed by atoms with Crippen molar-refractivity contribution >= 4 is 33.3 Å². The Kier molecular flexibility index (Phi) is 7.19. The number of rotatable bonds is 7.